The molecule has 1 saturated heterocycles. The number of amides is 1. The predicted molar refractivity (Wildman–Crippen MR) is 110 cm³/mol. The first-order valence-corrected chi connectivity index (χ1v) is 11.9. The second-order valence-corrected chi connectivity index (χ2v) is 9.79. The number of carbonyl (C=O) groups is 1. The fourth-order valence-corrected chi connectivity index (χ4v) is 6.01. The molecular formula is C21H32N2O5S. The molecule has 2 fully saturated rings. The maximum Gasteiger partial charge on any atom is 0.247 e. The van der Waals surface area contributed by atoms with Gasteiger partial charge in [0, 0.05) is 19.2 Å². The molecule has 0 aromatic heterocycles. The molecule has 162 valence electrons. The van der Waals surface area contributed by atoms with Crippen LogP contribution in [0.3, 0.4) is 0 Å². The first-order chi connectivity index (χ1) is 13.9. The summed E-state index contributed by atoms with van der Waals surface area (Å²) in [6, 6.07) is 4.93. The van der Waals surface area contributed by atoms with E-state index in [4.69, 9.17) is 9.47 Å². The van der Waals surface area contributed by atoms with E-state index in [-0.39, 0.29) is 29.5 Å². The van der Waals surface area contributed by atoms with Crippen LogP contribution in [0.25, 0.3) is 0 Å². The van der Waals surface area contributed by atoms with E-state index in [1.54, 1.807) is 12.1 Å². The number of aryl methyl sites for hydroxylation is 1. The predicted octanol–water partition coefficient (Wildman–Crippen LogP) is 2.62. The summed E-state index contributed by atoms with van der Waals surface area (Å²) in [5.41, 5.74) is 0.829. The Balaban J connectivity index is 1.82. The van der Waals surface area contributed by atoms with E-state index >= 15 is 0 Å². The van der Waals surface area contributed by atoms with Crippen molar-refractivity contribution in [1.82, 2.24) is 9.62 Å². The first kappa shape index (κ1) is 22.1. The lowest BCUT2D eigenvalue weighted by Gasteiger charge is -2.33. The fourth-order valence-electron chi connectivity index (χ4n) is 4.12. The summed E-state index contributed by atoms with van der Waals surface area (Å²) in [5, 5.41) is 2.86. The minimum Gasteiger partial charge on any atom is -0.495 e. The van der Waals surface area contributed by atoms with Crippen molar-refractivity contribution in [3.8, 4) is 5.75 Å². The number of hydrogen-bond acceptors (Lipinski definition) is 5. The SMILES string of the molecule is COc1ccc(C)cc1S(=O)(=O)N(CC(=O)NC[C@H]1CCCO1)C1CCCCC1. The topological polar surface area (TPSA) is 84.9 Å². The molecule has 0 spiro atoms. The van der Waals surface area contributed by atoms with Gasteiger partial charge in [0.1, 0.15) is 10.6 Å². The van der Waals surface area contributed by atoms with Crippen LogP contribution >= 0.6 is 0 Å². The van der Waals surface area contributed by atoms with Crippen LogP contribution in [0.2, 0.25) is 0 Å². The molecular weight excluding hydrogens is 392 g/mol. The number of nitrogens with one attached hydrogen (secondary N) is 1. The fraction of sp³-hybridized carbons (Fsp3) is 0.667. The van der Waals surface area contributed by atoms with Crippen molar-refractivity contribution < 1.29 is 22.7 Å². The average Bonchev–Trinajstić information content (AvgIpc) is 3.24. The van der Waals surface area contributed by atoms with Crippen molar-refractivity contribution in [3.05, 3.63) is 23.8 Å². The van der Waals surface area contributed by atoms with Crippen LogP contribution in [-0.4, -0.2) is 57.6 Å². The quantitative estimate of drug-likeness (QED) is 0.693. The minimum absolute atomic E-state index is 0.0237. The number of sulfonamides is 1. The summed E-state index contributed by atoms with van der Waals surface area (Å²) < 4.78 is 39.4. The van der Waals surface area contributed by atoms with E-state index in [9.17, 15) is 13.2 Å². The van der Waals surface area contributed by atoms with E-state index in [2.05, 4.69) is 5.32 Å². The Morgan fingerprint density at radius 2 is 1.97 bits per heavy atom. The van der Waals surface area contributed by atoms with Gasteiger partial charge in [-0.1, -0.05) is 25.3 Å². The maximum absolute atomic E-state index is 13.6. The van der Waals surface area contributed by atoms with Gasteiger partial charge in [0.15, 0.2) is 0 Å². The van der Waals surface area contributed by atoms with Crippen LogP contribution in [0.5, 0.6) is 5.75 Å². The molecule has 7 nitrogen and oxygen atoms in total. The molecule has 0 radical (unpaired) electrons. The third-order valence-electron chi connectivity index (χ3n) is 5.74. The van der Waals surface area contributed by atoms with Gasteiger partial charge in [-0.05, 0) is 50.3 Å². The van der Waals surface area contributed by atoms with E-state index in [0.717, 1.165) is 57.1 Å². The highest BCUT2D eigenvalue weighted by Crippen LogP contribution is 2.32. The largest absolute Gasteiger partial charge is 0.495 e. The lowest BCUT2D eigenvalue weighted by molar-refractivity contribution is -0.122. The third kappa shape index (κ3) is 5.49. The second-order valence-electron chi connectivity index (χ2n) is 7.94. The smallest absolute Gasteiger partial charge is 0.247 e. The zero-order valence-corrected chi connectivity index (χ0v) is 18.2. The van der Waals surface area contributed by atoms with Crippen molar-refractivity contribution in [2.45, 2.75) is 68.9 Å². The minimum atomic E-state index is -3.88. The van der Waals surface area contributed by atoms with Crippen molar-refractivity contribution >= 4 is 15.9 Å². The molecule has 1 amide bonds. The van der Waals surface area contributed by atoms with Gasteiger partial charge in [0.2, 0.25) is 15.9 Å². The highest BCUT2D eigenvalue weighted by Gasteiger charge is 2.36. The Labute approximate surface area is 173 Å². The Morgan fingerprint density at radius 3 is 2.62 bits per heavy atom. The van der Waals surface area contributed by atoms with Gasteiger partial charge < -0.3 is 14.8 Å². The normalized spacial score (nSPS) is 20.7. The third-order valence-corrected chi connectivity index (χ3v) is 7.66. The summed E-state index contributed by atoms with van der Waals surface area (Å²) in [4.78, 5) is 12.8. The highest BCUT2D eigenvalue weighted by molar-refractivity contribution is 7.89. The highest BCUT2D eigenvalue weighted by atomic mass is 32.2. The van der Waals surface area contributed by atoms with Gasteiger partial charge >= 0.3 is 0 Å². The van der Waals surface area contributed by atoms with E-state index in [1.165, 1.54) is 11.4 Å². The number of methoxy groups -OCH3 is 1. The Hall–Kier alpha value is -1.64. The zero-order valence-electron chi connectivity index (χ0n) is 17.4. The number of hydrogen-bond donors (Lipinski definition) is 1. The molecule has 0 unspecified atom stereocenters. The standard InChI is InChI=1S/C21H32N2O5S/c1-16-10-11-19(27-2)20(13-16)29(25,26)23(17-7-4-3-5-8-17)15-21(24)22-14-18-9-6-12-28-18/h10-11,13,17-18H,3-9,12,14-15H2,1-2H3,(H,22,24)/t18-/m1/s1. The Morgan fingerprint density at radius 1 is 1.21 bits per heavy atom. The molecule has 1 atom stereocenters. The summed E-state index contributed by atoms with van der Waals surface area (Å²) in [5.74, 6) is 0.0115. The summed E-state index contributed by atoms with van der Waals surface area (Å²) in [7, 11) is -2.42. The molecule has 1 heterocycles. The van der Waals surface area contributed by atoms with Gasteiger partial charge in [-0.15, -0.1) is 0 Å². The van der Waals surface area contributed by atoms with Crippen molar-refractivity contribution in [2.24, 2.45) is 0 Å². The lowest BCUT2D eigenvalue weighted by Crippen LogP contribution is -2.48. The average molecular weight is 425 g/mol. The molecule has 3 rings (SSSR count). The van der Waals surface area contributed by atoms with Gasteiger partial charge in [-0.25, -0.2) is 8.42 Å². The monoisotopic (exact) mass is 424 g/mol. The Kier molecular flexibility index (Phi) is 7.54. The lowest BCUT2D eigenvalue weighted by atomic mass is 9.95. The molecule has 8 heteroatoms. The van der Waals surface area contributed by atoms with Crippen LogP contribution < -0.4 is 10.1 Å². The van der Waals surface area contributed by atoms with Crippen molar-refractivity contribution in [1.29, 1.82) is 0 Å². The summed E-state index contributed by atoms with van der Waals surface area (Å²) >= 11 is 0. The molecule has 1 N–H and O–H groups in total. The first-order valence-electron chi connectivity index (χ1n) is 10.5. The van der Waals surface area contributed by atoms with E-state index in [1.807, 2.05) is 13.0 Å². The molecule has 29 heavy (non-hydrogen) atoms. The number of rotatable bonds is 8. The van der Waals surface area contributed by atoms with Crippen LogP contribution in [-0.2, 0) is 19.6 Å². The molecule has 2 aliphatic rings. The van der Waals surface area contributed by atoms with E-state index in [0.29, 0.717) is 12.3 Å². The molecule has 1 aliphatic carbocycles. The summed E-state index contributed by atoms with van der Waals surface area (Å²) in [6.45, 7) is 2.80. The van der Waals surface area contributed by atoms with Crippen molar-refractivity contribution in [2.75, 3.05) is 26.8 Å². The molecule has 1 aliphatic heterocycles. The van der Waals surface area contributed by atoms with Gasteiger partial charge in [0.05, 0.1) is 19.8 Å². The summed E-state index contributed by atoms with van der Waals surface area (Å²) in [6.07, 6.45) is 6.53. The molecule has 1 aromatic rings. The molecule has 1 saturated carbocycles. The number of ether oxygens (including phenoxy) is 2. The van der Waals surface area contributed by atoms with Crippen LogP contribution in [0.1, 0.15) is 50.5 Å². The van der Waals surface area contributed by atoms with Crippen LogP contribution in [0, 0.1) is 6.92 Å². The van der Waals surface area contributed by atoms with Crippen molar-refractivity contribution in [3.63, 3.8) is 0 Å². The maximum atomic E-state index is 13.6. The van der Waals surface area contributed by atoms with Gasteiger partial charge in [-0.3, -0.25) is 4.79 Å². The van der Waals surface area contributed by atoms with Crippen LogP contribution in [0.4, 0.5) is 0 Å². The zero-order chi connectivity index (χ0) is 20.9. The molecule has 1 aromatic carbocycles. The van der Waals surface area contributed by atoms with Crippen LogP contribution in [0.15, 0.2) is 23.1 Å². The van der Waals surface area contributed by atoms with Gasteiger partial charge in [-0.2, -0.15) is 4.31 Å². The van der Waals surface area contributed by atoms with E-state index < -0.39 is 10.0 Å². The number of carbonyl (C=O) groups excluding carboxylic acids is 1. The van der Waals surface area contributed by atoms with Gasteiger partial charge in [0.25, 0.3) is 0 Å². The second kappa shape index (κ2) is 9.91. The number of benzene rings is 1. The number of nitrogens with zero attached hydrogens (tertiary/aromatic N) is 1. The Bertz CT molecular complexity index is 799. The molecule has 0 bridgehead atoms.